The number of anilines is 2. The molecule has 1 aliphatic heterocycles. The number of benzene rings is 1. The zero-order valence-corrected chi connectivity index (χ0v) is 15.4. The van der Waals surface area contributed by atoms with Crippen LogP contribution in [-0.4, -0.2) is 43.7 Å². The molecule has 0 atom stereocenters. The molecule has 3 heterocycles. The van der Waals surface area contributed by atoms with Gasteiger partial charge < -0.3 is 10.2 Å². The highest BCUT2D eigenvalue weighted by molar-refractivity contribution is 6.32. The molecule has 2 aromatic heterocycles. The Balaban J connectivity index is 1.38. The number of carbonyl (C=O) groups is 1. The van der Waals surface area contributed by atoms with Crippen LogP contribution in [-0.2, 0) is 4.79 Å². The average Bonchev–Trinajstić information content (AvgIpc) is 3.17. The van der Waals surface area contributed by atoms with E-state index < -0.39 is 4.92 Å². The first-order chi connectivity index (χ1) is 13.5. The van der Waals surface area contributed by atoms with E-state index in [2.05, 4.69) is 25.5 Å². The Morgan fingerprint density at radius 3 is 2.79 bits per heavy atom. The lowest BCUT2D eigenvalue weighted by Gasteiger charge is -2.32. The van der Waals surface area contributed by atoms with Crippen LogP contribution in [0.1, 0.15) is 12.8 Å². The van der Waals surface area contributed by atoms with Crippen LogP contribution in [0.3, 0.4) is 0 Å². The van der Waals surface area contributed by atoms with E-state index in [4.69, 9.17) is 11.6 Å². The van der Waals surface area contributed by atoms with Gasteiger partial charge in [0.25, 0.3) is 5.69 Å². The summed E-state index contributed by atoms with van der Waals surface area (Å²) in [5.74, 6) is 0.475. The number of rotatable bonds is 4. The molecule has 0 unspecified atom stereocenters. The fraction of sp³-hybridized carbons (Fsp3) is 0.294. The monoisotopic (exact) mass is 401 g/mol. The van der Waals surface area contributed by atoms with E-state index in [1.165, 1.54) is 12.1 Å². The molecule has 0 bridgehead atoms. The fourth-order valence-corrected chi connectivity index (χ4v) is 3.42. The molecule has 0 spiro atoms. The third kappa shape index (κ3) is 3.58. The summed E-state index contributed by atoms with van der Waals surface area (Å²) in [6.45, 7) is 1.36. The van der Waals surface area contributed by atoms with Crippen molar-refractivity contribution in [1.82, 2.24) is 19.8 Å². The van der Waals surface area contributed by atoms with Gasteiger partial charge in [-0.05, 0) is 37.1 Å². The summed E-state index contributed by atoms with van der Waals surface area (Å²) in [5.41, 5.74) is 0.808. The predicted molar refractivity (Wildman–Crippen MR) is 102 cm³/mol. The first kappa shape index (κ1) is 18.1. The van der Waals surface area contributed by atoms with Crippen LogP contribution < -0.4 is 10.2 Å². The minimum absolute atomic E-state index is 0.0360. The third-order valence-electron chi connectivity index (χ3n) is 4.75. The van der Waals surface area contributed by atoms with Crippen molar-refractivity contribution in [2.45, 2.75) is 12.8 Å². The molecular weight excluding hydrogens is 386 g/mol. The Bertz CT molecular complexity index is 1050. The van der Waals surface area contributed by atoms with Gasteiger partial charge in [-0.25, -0.2) is 0 Å². The van der Waals surface area contributed by atoms with Crippen LogP contribution >= 0.6 is 11.6 Å². The average molecular weight is 402 g/mol. The maximum Gasteiger partial charge on any atom is 0.289 e. The standard InChI is InChI=1S/C17H16ClN7O3/c18-13-2-1-12(9-14(13)25(27)28)20-17(26)11-5-7-23(8-6-11)16-4-3-15-21-19-10-24(15)22-16/h1-4,9-11H,5-8H2,(H,20,26). The SMILES string of the molecule is O=C(Nc1ccc(Cl)c([N+](=O)[O-])c1)C1CCN(c2ccc3nncn3n2)CC1. The van der Waals surface area contributed by atoms with Crippen molar-refractivity contribution in [3.8, 4) is 0 Å². The molecular formula is C17H16ClN7O3. The topological polar surface area (TPSA) is 119 Å². The van der Waals surface area contributed by atoms with E-state index in [9.17, 15) is 14.9 Å². The van der Waals surface area contributed by atoms with Crippen LogP contribution in [0.4, 0.5) is 17.2 Å². The van der Waals surface area contributed by atoms with Gasteiger partial charge in [-0.15, -0.1) is 15.3 Å². The van der Waals surface area contributed by atoms with Gasteiger partial charge in [0.05, 0.1) is 4.92 Å². The number of aromatic nitrogens is 4. The van der Waals surface area contributed by atoms with Crippen molar-refractivity contribution in [2.24, 2.45) is 5.92 Å². The maximum absolute atomic E-state index is 12.5. The van der Waals surface area contributed by atoms with E-state index in [0.717, 1.165) is 5.82 Å². The smallest absolute Gasteiger partial charge is 0.289 e. The Morgan fingerprint density at radius 2 is 2.04 bits per heavy atom. The molecule has 1 saturated heterocycles. The van der Waals surface area contributed by atoms with E-state index in [-0.39, 0.29) is 22.5 Å². The molecule has 1 N–H and O–H groups in total. The summed E-state index contributed by atoms with van der Waals surface area (Å²) < 4.78 is 1.61. The summed E-state index contributed by atoms with van der Waals surface area (Å²) in [5, 5.41) is 26.0. The van der Waals surface area contributed by atoms with E-state index in [1.807, 2.05) is 12.1 Å². The van der Waals surface area contributed by atoms with Crippen LogP contribution in [0.5, 0.6) is 0 Å². The van der Waals surface area contributed by atoms with Crippen molar-refractivity contribution in [2.75, 3.05) is 23.3 Å². The van der Waals surface area contributed by atoms with Crippen LogP contribution in [0.2, 0.25) is 5.02 Å². The van der Waals surface area contributed by atoms with Crippen molar-refractivity contribution < 1.29 is 9.72 Å². The van der Waals surface area contributed by atoms with Gasteiger partial charge in [0.1, 0.15) is 17.2 Å². The summed E-state index contributed by atoms with van der Waals surface area (Å²) in [6.07, 6.45) is 2.86. The summed E-state index contributed by atoms with van der Waals surface area (Å²) in [6, 6.07) is 7.97. The van der Waals surface area contributed by atoms with Gasteiger partial charge in [0.2, 0.25) is 5.91 Å². The largest absolute Gasteiger partial charge is 0.355 e. The molecule has 1 fully saturated rings. The predicted octanol–water partition coefficient (Wildman–Crippen LogP) is 2.54. The van der Waals surface area contributed by atoms with Crippen molar-refractivity contribution >= 4 is 40.3 Å². The Kier molecular flexibility index (Phi) is 4.78. The highest BCUT2D eigenvalue weighted by Crippen LogP contribution is 2.28. The first-order valence-corrected chi connectivity index (χ1v) is 9.06. The van der Waals surface area contributed by atoms with E-state index >= 15 is 0 Å². The summed E-state index contributed by atoms with van der Waals surface area (Å²) in [4.78, 5) is 25.1. The second-order valence-corrected chi connectivity index (χ2v) is 6.91. The molecule has 10 nitrogen and oxygen atoms in total. The van der Waals surface area contributed by atoms with Gasteiger partial charge in [-0.2, -0.15) is 4.52 Å². The molecule has 3 aromatic rings. The number of nitrogens with zero attached hydrogens (tertiary/aromatic N) is 6. The second-order valence-electron chi connectivity index (χ2n) is 6.50. The lowest BCUT2D eigenvalue weighted by molar-refractivity contribution is -0.384. The van der Waals surface area contributed by atoms with Gasteiger partial charge in [-0.1, -0.05) is 11.6 Å². The molecule has 28 heavy (non-hydrogen) atoms. The first-order valence-electron chi connectivity index (χ1n) is 8.68. The number of nitro groups is 1. The van der Waals surface area contributed by atoms with Crippen molar-refractivity contribution in [3.63, 3.8) is 0 Å². The lowest BCUT2D eigenvalue weighted by atomic mass is 9.96. The quantitative estimate of drug-likeness (QED) is 0.527. The van der Waals surface area contributed by atoms with Gasteiger partial charge in [-0.3, -0.25) is 14.9 Å². The number of amides is 1. The zero-order chi connectivity index (χ0) is 19.7. The van der Waals surface area contributed by atoms with Gasteiger partial charge in [0, 0.05) is 30.8 Å². The Labute approximate surface area is 164 Å². The highest BCUT2D eigenvalue weighted by Gasteiger charge is 2.26. The molecule has 144 valence electrons. The molecule has 4 rings (SSSR count). The fourth-order valence-electron chi connectivity index (χ4n) is 3.23. The molecule has 0 aliphatic carbocycles. The molecule has 1 aromatic carbocycles. The molecule has 0 radical (unpaired) electrons. The molecule has 1 aliphatic rings. The van der Waals surface area contributed by atoms with Crippen LogP contribution in [0.25, 0.3) is 5.65 Å². The molecule has 11 heteroatoms. The van der Waals surface area contributed by atoms with Gasteiger partial charge >= 0.3 is 0 Å². The Morgan fingerprint density at radius 1 is 1.25 bits per heavy atom. The van der Waals surface area contributed by atoms with Crippen LogP contribution in [0.15, 0.2) is 36.7 Å². The number of hydrogen-bond acceptors (Lipinski definition) is 7. The minimum Gasteiger partial charge on any atom is -0.355 e. The molecule has 0 saturated carbocycles. The molecule has 1 amide bonds. The number of nitrogens with one attached hydrogen (secondary N) is 1. The van der Waals surface area contributed by atoms with E-state index in [0.29, 0.717) is 37.3 Å². The Hall–Kier alpha value is -3.27. The highest BCUT2D eigenvalue weighted by atomic mass is 35.5. The normalized spacial score (nSPS) is 15.0. The maximum atomic E-state index is 12.5. The number of halogens is 1. The number of fused-ring (bicyclic) bond motifs is 1. The lowest BCUT2D eigenvalue weighted by Crippen LogP contribution is -2.38. The van der Waals surface area contributed by atoms with Gasteiger partial charge in [0.15, 0.2) is 5.65 Å². The number of hydrogen-bond donors (Lipinski definition) is 1. The third-order valence-corrected chi connectivity index (χ3v) is 5.07. The zero-order valence-electron chi connectivity index (χ0n) is 14.7. The summed E-state index contributed by atoms with van der Waals surface area (Å²) in [7, 11) is 0. The minimum atomic E-state index is -0.573. The number of piperidine rings is 1. The second kappa shape index (κ2) is 7.39. The number of carbonyl (C=O) groups excluding carboxylic acids is 1. The number of nitro benzene ring substituents is 1. The van der Waals surface area contributed by atoms with Crippen molar-refractivity contribution in [1.29, 1.82) is 0 Å². The van der Waals surface area contributed by atoms with Crippen LogP contribution in [0, 0.1) is 16.0 Å². The van der Waals surface area contributed by atoms with Crippen molar-refractivity contribution in [3.05, 3.63) is 51.8 Å². The van der Waals surface area contributed by atoms with E-state index in [1.54, 1.807) is 16.9 Å². The summed E-state index contributed by atoms with van der Waals surface area (Å²) >= 11 is 5.80.